The number of rotatable bonds is 3. The topological polar surface area (TPSA) is 77.2 Å². The number of carbonyl (C=O) groups excluding carboxylic acids is 1. The van der Waals surface area contributed by atoms with E-state index in [9.17, 15) is 4.79 Å². The van der Waals surface area contributed by atoms with Gasteiger partial charge in [0.05, 0.1) is 23.5 Å². The monoisotopic (exact) mass is 459 g/mol. The Kier molecular flexibility index (Phi) is 4.77. The fraction of sp³-hybridized carbons (Fsp3) is 0.160. The normalized spacial score (nSPS) is 17.3. The maximum Gasteiger partial charge on any atom is 0.310 e. The molecule has 0 radical (unpaired) electrons. The fourth-order valence-electron chi connectivity index (χ4n) is 4.20. The quantitative estimate of drug-likeness (QED) is 0.391. The number of benzene rings is 2. The Labute approximate surface area is 194 Å². The molecule has 6 rings (SSSR count). The summed E-state index contributed by atoms with van der Waals surface area (Å²) in [7, 11) is 0. The highest BCUT2D eigenvalue weighted by molar-refractivity contribution is 6.30. The Hall–Kier alpha value is -3.84. The number of furan rings is 1. The Morgan fingerprint density at radius 3 is 2.55 bits per heavy atom. The third-order valence-electron chi connectivity index (χ3n) is 5.78. The molecule has 1 atom stereocenters. The predicted octanol–water partition coefficient (Wildman–Crippen LogP) is 5.24. The van der Waals surface area contributed by atoms with Gasteiger partial charge in [0.25, 0.3) is 0 Å². The zero-order chi connectivity index (χ0) is 22.4. The lowest BCUT2D eigenvalue weighted by molar-refractivity contribution is 0.0678. The molecule has 0 saturated heterocycles. The van der Waals surface area contributed by atoms with E-state index in [0.29, 0.717) is 47.4 Å². The van der Waals surface area contributed by atoms with Gasteiger partial charge in [0, 0.05) is 23.4 Å². The van der Waals surface area contributed by atoms with Gasteiger partial charge in [0.15, 0.2) is 17.3 Å². The molecular formula is C25H18ClN3O4. The molecule has 2 aromatic heterocycles. The van der Waals surface area contributed by atoms with Crippen LogP contribution in [0.4, 0.5) is 0 Å². The molecule has 0 aliphatic carbocycles. The van der Waals surface area contributed by atoms with Crippen molar-refractivity contribution in [2.75, 3.05) is 13.2 Å². The number of fused-ring (bicyclic) bond motifs is 2. The molecule has 2 aromatic carbocycles. The molecule has 33 heavy (non-hydrogen) atoms. The van der Waals surface area contributed by atoms with Crippen molar-refractivity contribution in [3.63, 3.8) is 0 Å². The van der Waals surface area contributed by atoms with Crippen LogP contribution in [0.3, 0.4) is 0 Å². The molecule has 164 valence electrons. The third-order valence-corrected chi connectivity index (χ3v) is 6.08. The lowest BCUT2D eigenvalue weighted by Gasteiger charge is -2.23. The lowest BCUT2D eigenvalue weighted by atomic mass is 9.98. The van der Waals surface area contributed by atoms with Crippen LogP contribution in [-0.4, -0.2) is 34.8 Å². The van der Waals surface area contributed by atoms with Crippen LogP contribution in [0.25, 0.3) is 10.9 Å². The van der Waals surface area contributed by atoms with Crippen LogP contribution in [0.2, 0.25) is 5.15 Å². The van der Waals surface area contributed by atoms with Crippen molar-refractivity contribution in [3.05, 3.63) is 89.0 Å². The van der Waals surface area contributed by atoms with E-state index in [-0.39, 0.29) is 11.7 Å². The number of nitrogens with zero attached hydrogens (tertiary/aromatic N) is 3. The van der Waals surface area contributed by atoms with Gasteiger partial charge < -0.3 is 13.9 Å². The maximum atomic E-state index is 13.3. The van der Waals surface area contributed by atoms with E-state index < -0.39 is 6.04 Å². The van der Waals surface area contributed by atoms with E-state index in [1.165, 1.54) is 11.3 Å². The summed E-state index contributed by atoms with van der Waals surface area (Å²) in [6.07, 6.45) is 1.96. The summed E-state index contributed by atoms with van der Waals surface area (Å²) < 4.78 is 16.7. The van der Waals surface area contributed by atoms with Gasteiger partial charge in [-0.15, -0.1) is 0 Å². The van der Waals surface area contributed by atoms with Crippen LogP contribution < -0.4 is 9.47 Å². The van der Waals surface area contributed by atoms with Crippen molar-refractivity contribution in [2.45, 2.75) is 12.5 Å². The summed E-state index contributed by atoms with van der Waals surface area (Å²) in [5.41, 5.74) is 3.13. The molecule has 1 unspecified atom stereocenters. The van der Waals surface area contributed by atoms with Crippen molar-refractivity contribution < 1.29 is 18.7 Å². The van der Waals surface area contributed by atoms with Gasteiger partial charge >= 0.3 is 5.91 Å². The van der Waals surface area contributed by atoms with Gasteiger partial charge in [-0.05, 0) is 29.8 Å². The fourth-order valence-corrected chi connectivity index (χ4v) is 4.47. The van der Waals surface area contributed by atoms with Crippen LogP contribution in [0.5, 0.6) is 11.5 Å². The van der Waals surface area contributed by atoms with Crippen molar-refractivity contribution >= 4 is 34.1 Å². The number of hydrazone groups is 1. The predicted molar refractivity (Wildman–Crippen MR) is 123 cm³/mol. The minimum absolute atomic E-state index is 0.211. The number of hydrogen-bond donors (Lipinski definition) is 0. The van der Waals surface area contributed by atoms with Gasteiger partial charge in [-0.1, -0.05) is 41.9 Å². The van der Waals surface area contributed by atoms with Crippen molar-refractivity contribution in [1.82, 2.24) is 9.99 Å². The second kappa shape index (κ2) is 7.94. The zero-order valence-corrected chi connectivity index (χ0v) is 18.2. The Bertz CT molecular complexity index is 1390. The number of ether oxygens (including phenoxy) is 2. The molecule has 0 N–H and O–H groups in total. The smallest absolute Gasteiger partial charge is 0.310 e. The summed E-state index contributed by atoms with van der Waals surface area (Å²) >= 11 is 6.66. The second-order valence-corrected chi connectivity index (χ2v) is 8.17. The van der Waals surface area contributed by atoms with Crippen LogP contribution in [0.1, 0.15) is 34.1 Å². The largest absolute Gasteiger partial charge is 0.486 e. The zero-order valence-electron chi connectivity index (χ0n) is 17.4. The molecule has 8 heteroatoms. The number of pyridine rings is 1. The average molecular weight is 460 g/mol. The molecule has 0 bridgehead atoms. The van der Waals surface area contributed by atoms with Gasteiger partial charge in [-0.2, -0.15) is 5.10 Å². The molecule has 1 amide bonds. The number of amides is 1. The van der Waals surface area contributed by atoms with Crippen LogP contribution in [0.15, 0.2) is 76.4 Å². The van der Waals surface area contributed by atoms with E-state index in [1.54, 1.807) is 12.1 Å². The Morgan fingerprint density at radius 2 is 1.79 bits per heavy atom. The van der Waals surface area contributed by atoms with Crippen LogP contribution >= 0.6 is 11.6 Å². The summed E-state index contributed by atoms with van der Waals surface area (Å²) in [6.45, 7) is 0.991. The molecule has 7 nitrogen and oxygen atoms in total. The summed E-state index contributed by atoms with van der Waals surface area (Å²) in [5, 5.41) is 7.27. The molecule has 2 aliphatic heterocycles. The SMILES string of the molecule is O=C(c1ccco1)N1N=C(c2ccccc2)CC1c1cc2cc3c(cc2nc1Cl)OCCO3. The molecule has 4 heterocycles. The first-order chi connectivity index (χ1) is 16.2. The molecule has 0 saturated carbocycles. The molecule has 4 aromatic rings. The highest BCUT2D eigenvalue weighted by Crippen LogP contribution is 2.40. The van der Waals surface area contributed by atoms with Gasteiger partial charge in [0.1, 0.15) is 18.4 Å². The lowest BCUT2D eigenvalue weighted by Crippen LogP contribution is -2.27. The van der Waals surface area contributed by atoms with Crippen molar-refractivity contribution in [1.29, 1.82) is 0 Å². The average Bonchev–Trinajstić information content (AvgIpc) is 3.53. The number of halogens is 1. The first-order valence-electron chi connectivity index (χ1n) is 10.6. The van der Waals surface area contributed by atoms with E-state index in [4.69, 9.17) is 25.5 Å². The van der Waals surface area contributed by atoms with E-state index in [1.807, 2.05) is 48.5 Å². The number of carbonyl (C=O) groups is 1. The summed E-state index contributed by atoms with van der Waals surface area (Å²) in [5.74, 6) is 1.19. The number of aromatic nitrogens is 1. The minimum atomic E-state index is -0.435. The highest BCUT2D eigenvalue weighted by atomic mass is 35.5. The molecule has 0 spiro atoms. The van der Waals surface area contributed by atoms with Crippen LogP contribution in [-0.2, 0) is 0 Å². The maximum absolute atomic E-state index is 13.3. The van der Waals surface area contributed by atoms with E-state index >= 15 is 0 Å². The van der Waals surface area contributed by atoms with Gasteiger partial charge in [-0.3, -0.25) is 4.79 Å². The molecule has 0 fully saturated rings. The third kappa shape index (κ3) is 3.50. The molecule has 2 aliphatic rings. The van der Waals surface area contributed by atoms with Gasteiger partial charge in [-0.25, -0.2) is 9.99 Å². The first-order valence-corrected chi connectivity index (χ1v) is 10.9. The van der Waals surface area contributed by atoms with E-state index in [2.05, 4.69) is 10.1 Å². The first kappa shape index (κ1) is 19.8. The molecular weight excluding hydrogens is 442 g/mol. The van der Waals surface area contributed by atoms with E-state index in [0.717, 1.165) is 16.7 Å². The number of hydrogen-bond acceptors (Lipinski definition) is 6. The van der Waals surface area contributed by atoms with Gasteiger partial charge in [0.2, 0.25) is 0 Å². The Morgan fingerprint density at radius 1 is 1.00 bits per heavy atom. The highest BCUT2D eigenvalue weighted by Gasteiger charge is 2.36. The summed E-state index contributed by atoms with van der Waals surface area (Å²) in [6, 6.07) is 18.3. The standard InChI is InChI=1S/C25H18ClN3O4/c26-24-17(11-16-12-22-23(14-18(16)27-24)33-10-9-32-22)20-13-19(15-5-2-1-3-6-15)28-29(20)25(30)21-7-4-8-31-21/h1-8,11-12,14,20H,9-10,13H2. The second-order valence-electron chi connectivity index (χ2n) is 7.82. The van der Waals surface area contributed by atoms with Crippen molar-refractivity contribution in [2.24, 2.45) is 5.10 Å². The Balaban J connectivity index is 1.44. The summed E-state index contributed by atoms with van der Waals surface area (Å²) in [4.78, 5) is 17.9. The van der Waals surface area contributed by atoms with Crippen LogP contribution in [0, 0.1) is 0 Å². The van der Waals surface area contributed by atoms with Crippen molar-refractivity contribution in [3.8, 4) is 11.5 Å². The minimum Gasteiger partial charge on any atom is -0.486 e.